The van der Waals surface area contributed by atoms with Crippen molar-refractivity contribution in [2.75, 3.05) is 5.32 Å². The number of nitrogens with zero attached hydrogens (tertiary/aromatic N) is 1. The molecule has 0 saturated carbocycles. The minimum Gasteiger partial charge on any atom is -0.354 e. The van der Waals surface area contributed by atoms with Crippen molar-refractivity contribution in [3.8, 4) is 0 Å². The number of aromatic nitrogens is 1. The quantitative estimate of drug-likeness (QED) is 0.650. The van der Waals surface area contributed by atoms with Crippen LogP contribution >= 0.6 is 15.9 Å². The van der Waals surface area contributed by atoms with Gasteiger partial charge < -0.3 is 10.6 Å². The number of nitrogens with one attached hydrogen (secondary N) is 2. The summed E-state index contributed by atoms with van der Waals surface area (Å²) in [5, 5.41) is 6.19. The van der Waals surface area contributed by atoms with E-state index in [1.54, 1.807) is 12.3 Å². The van der Waals surface area contributed by atoms with Crippen molar-refractivity contribution in [1.82, 2.24) is 10.3 Å². The van der Waals surface area contributed by atoms with Crippen molar-refractivity contribution in [1.29, 1.82) is 0 Å². The Bertz CT molecular complexity index is 895. The SMILES string of the molecule is Cc1cccc(CNC(=O)c2cc(Nc3ccccc3Br)ccn2)c1. The fourth-order valence-electron chi connectivity index (χ4n) is 2.45. The molecule has 126 valence electrons. The highest BCUT2D eigenvalue weighted by Gasteiger charge is 2.08. The molecule has 2 N–H and O–H groups in total. The maximum atomic E-state index is 12.4. The first-order valence-corrected chi connectivity index (χ1v) is 8.72. The van der Waals surface area contributed by atoms with Gasteiger partial charge in [-0.25, -0.2) is 0 Å². The standard InChI is InChI=1S/C20H18BrN3O/c1-14-5-4-6-15(11-14)13-23-20(25)19-12-16(9-10-22-19)24-18-8-3-2-7-17(18)21/h2-12H,13H2,1H3,(H,22,24)(H,23,25). The zero-order valence-corrected chi connectivity index (χ0v) is 15.4. The minimum absolute atomic E-state index is 0.197. The third-order valence-electron chi connectivity index (χ3n) is 3.68. The molecular weight excluding hydrogens is 378 g/mol. The summed E-state index contributed by atoms with van der Waals surface area (Å²) in [7, 11) is 0. The van der Waals surface area contributed by atoms with Crippen LogP contribution in [0.25, 0.3) is 0 Å². The second kappa shape index (κ2) is 7.94. The fraction of sp³-hybridized carbons (Fsp3) is 0.100. The van der Waals surface area contributed by atoms with E-state index in [4.69, 9.17) is 0 Å². The predicted molar refractivity (Wildman–Crippen MR) is 104 cm³/mol. The Kier molecular flexibility index (Phi) is 5.46. The third-order valence-corrected chi connectivity index (χ3v) is 4.37. The van der Waals surface area contributed by atoms with Crippen LogP contribution in [0.1, 0.15) is 21.6 Å². The van der Waals surface area contributed by atoms with Crippen LogP contribution in [0.15, 0.2) is 71.3 Å². The lowest BCUT2D eigenvalue weighted by Gasteiger charge is -2.10. The van der Waals surface area contributed by atoms with E-state index in [0.717, 1.165) is 21.4 Å². The molecule has 5 heteroatoms. The van der Waals surface area contributed by atoms with E-state index in [2.05, 4.69) is 37.6 Å². The molecule has 0 saturated heterocycles. The number of carbonyl (C=O) groups is 1. The number of para-hydroxylation sites is 1. The van der Waals surface area contributed by atoms with E-state index in [-0.39, 0.29) is 5.91 Å². The Hall–Kier alpha value is -2.66. The van der Waals surface area contributed by atoms with Crippen LogP contribution in [0.5, 0.6) is 0 Å². The number of hydrogen-bond acceptors (Lipinski definition) is 3. The topological polar surface area (TPSA) is 54.0 Å². The van der Waals surface area contributed by atoms with Crippen molar-refractivity contribution in [3.63, 3.8) is 0 Å². The lowest BCUT2D eigenvalue weighted by atomic mass is 10.1. The van der Waals surface area contributed by atoms with E-state index >= 15 is 0 Å². The molecular formula is C20H18BrN3O. The van der Waals surface area contributed by atoms with Gasteiger partial charge in [0.2, 0.25) is 0 Å². The van der Waals surface area contributed by atoms with Gasteiger partial charge in [0, 0.05) is 22.9 Å². The molecule has 3 rings (SSSR count). The van der Waals surface area contributed by atoms with E-state index < -0.39 is 0 Å². The maximum Gasteiger partial charge on any atom is 0.270 e. The monoisotopic (exact) mass is 395 g/mol. The number of rotatable bonds is 5. The molecule has 0 atom stereocenters. The number of aryl methyl sites for hydroxylation is 1. The Balaban J connectivity index is 1.68. The smallest absolute Gasteiger partial charge is 0.270 e. The van der Waals surface area contributed by atoms with Gasteiger partial charge in [0.05, 0.1) is 5.69 Å². The first-order valence-electron chi connectivity index (χ1n) is 7.93. The summed E-state index contributed by atoms with van der Waals surface area (Å²) in [4.78, 5) is 16.5. The summed E-state index contributed by atoms with van der Waals surface area (Å²) < 4.78 is 0.956. The lowest BCUT2D eigenvalue weighted by Crippen LogP contribution is -2.23. The minimum atomic E-state index is -0.197. The Labute approximate surface area is 155 Å². The molecule has 1 aromatic heterocycles. The average molecular weight is 396 g/mol. The van der Waals surface area contributed by atoms with Gasteiger partial charge in [-0.15, -0.1) is 0 Å². The number of anilines is 2. The Morgan fingerprint density at radius 2 is 1.92 bits per heavy atom. The highest BCUT2D eigenvalue weighted by atomic mass is 79.9. The van der Waals surface area contributed by atoms with Gasteiger partial charge in [-0.3, -0.25) is 9.78 Å². The van der Waals surface area contributed by atoms with Crippen molar-refractivity contribution >= 4 is 33.2 Å². The number of hydrogen-bond donors (Lipinski definition) is 2. The molecule has 1 heterocycles. The lowest BCUT2D eigenvalue weighted by molar-refractivity contribution is 0.0946. The van der Waals surface area contributed by atoms with Crippen molar-refractivity contribution in [3.05, 3.63) is 88.2 Å². The van der Waals surface area contributed by atoms with Gasteiger partial charge in [-0.05, 0) is 52.7 Å². The van der Waals surface area contributed by atoms with E-state index in [0.29, 0.717) is 12.2 Å². The molecule has 0 bridgehead atoms. The van der Waals surface area contributed by atoms with Gasteiger partial charge in [0.15, 0.2) is 0 Å². The molecule has 0 unspecified atom stereocenters. The third kappa shape index (κ3) is 4.67. The summed E-state index contributed by atoms with van der Waals surface area (Å²) in [6.07, 6.45) is 1.63. The molecule has 0 aliphatic rings. The Morgan fingerprint density at radius 1 is 1.08 bits per heavy atom. The molecule has 0 spiro atoms. The second-order valence-electron chi connectivity index (χ2n) is 5.71. The number of halogens is 1. The number of amides is 1. The molecule has 25 heavy (non-hydrogen) atoms. The number of carbonyl (C=O) groups excluding carboxylic acids is 1. The zero-order valence-electron chi connectivity index (χ0n) is 13.8. The Morgan fingerprint density at radius 3 is 2.72 bits per heavy atom. The largest absolute Gasteiger partial charge is 0.354 e. The number of pyridine rings is 1. The fourth-order valence-corrected chi connectivity index (χ4v) is 2.83. The summed E-state index contributed by atoms with van der Waals surface area (Å²) in [5.41, 5.74) is 4.35. The molecule has 3 aromatic rings. The number of benzene rings is 2. The normalized spacial score (nSPS) is 10.3. The first kappa shape index (κ1) is 17.2. The molecule has 1 amide bonds. The molecule has 4 nitrogen and oxygen atoms in total. The molecule has 0 fully saturated rings. The highest BCUT2D eigenvalue weighted by molar-refractivity contribution is 9.10. The van der Waals surface area contributed by atoms with Crippen molar-refractivity contribution in [2.45, 2.75) is 13.5 Å². The summed E-state index contributed by atoms with van der Waals surface area (Å²) in [6.45, 7) is 2.51. The van der Waals surface area contributed by atoms with Gasteiger partial charge in [0.1, 0.15) is 5.69 Å². The van der Waals surface area contributed by atoms with Crippen LogP contribution in [0.4, 0.5) is 11.4 Å². The van der Waals surface area contributed by atoms with Gasteiger partial charge in [-0.1, -0.05) is 42.0 Å². The molecule has 0 aliphatic carbocycles. The average Bonchev–Trinajstić information content (AvgIpc) is 2.62. The van der Waals surface area contributed by atoms with Crippen molar-refractivity contribution < 1.29 is 4.79 Å². The molecule has 0 aliphatic heterocycles. The van der Waals surface area contributed by atoms with Crippen LogP contribution < -0.4 is 10.6 Å². The first-order chi connectivity index (χ1) is 12.1. The molecule has 0 radical (unpaired) electrons. The van der Waals surface area contributed by atoms with Crippen LogP contribution in [0, 0.1) is 6.92 Å². The second-order valence-corrected chi connectivity index (χ2v) is 6.56. The van der Waals surface area contributed by atoms with Gasteiger partial charge in [-0.2, -0.15) is 0 Å². The predicted octanol–water partition coefficient (Wildman–Crippen LogP) is 4.83. The van der Waals surface area contributed by atoms with E-state index in [9.17, 15) is 4.79 Å². The van der Waals surface area contributed by atoms with Crippen molar-refractivity contribution in [2.24, 2.45) is 0 Å². The highest BCUT2D eigenvalue weighted by Crippen LogP contribution is 2.25. The van der Waals surface area contributed by atoms with Crippen LogP contribution in [-0.4, -0.2) is 10.9 Å². The van der Waals surface area contributed by atoms with Crippen LogP contribution in [0.3, 0.4) is 0 Å². The van der Waals surface area contributed by atoms with Gasteiger partial charge in [0.25, 0.3) is 5.91 Å². The molecule has 2 aromatic carbocycles. The maximum absolute atomic E-state index is 12.4. The summed E-state index contributed by atoms with van der Waals surface area (Å²) >= 11 is 3.50. The summed E-state index contributed by atoms with van der Waals surface area (Å²) in [6, 6.07) is 19.4. The van der Waals surface area contributed by atoms with E-state index in [1.807, 2.05) is 55.5 Å². The van der Waals surface area contributed by atoms with Gasteiger partial charge >= 0.3 is 0 Å². The van der Waals surface area contributed by atoms with Crippen LogP contribution in [0.2, 0.25) is 0 Å². The van der Waals surface area contributed by atoms with Crippen LogP contribution in [-0.2, 0) is 6.54 Å². The summed E-state index contributed by atoms with van der Waals surface area (Å²) in [5.74, 6) is -0.197. The van der Waals surface area contributed by atoms with E-state index in [1.165, 1.54) is 5.56 Å². The zero-order chi connectivity index (χ0) is 17.6.